The van der Waals surface area contributed by atoms with E-state index in [1.165, 1.54) is 33.4 Å². The van der Waals surface area contributed by atoms with Crippen LogP contribution in [0.3, 0.4) is 0 Å². The number of allylic oxidation sites excluding steroid dienone is 2. The Labute approximate surface area is 354 Å². The molecule has 3 aromatic carbocycles. The van der Waals surface area contributed by atoms with Crippen LogP contribution in [-0.4, -0.2) is 20.9 Å². The van der Waals surface area contributed by atoms with Crippen LogP contribution in [0.1, 0.15) is 195 Å². The summed E-state index contributed by atoms with van der Waals surface area (Å²) in [6, 6.07) is 13.3. The highest BCUT2D eigenvalue weighted by Crippen LogP contribution is 2.49. The van der Waals surface area contributed by atoms with Crippen LogP contribution in [0.5, 0.6) is 17.2 Å². The van der Waals surface area contributed by atoms with Gasteiger partial charge in [0.25, 0.3) is 0 Å². The van der Waals surface area contributed by atoms with Crippen LogP contribution in [-0.2, 0) is 51.8 Å². The predicted octanol–water partition coefficient (Wildman–Crippen LogP) is 13.6. The fourth-order valence-electron chi connectivity index (χ4n) is 9.13. The minimum absolute atomic E-state index is 0.0127. The molecule has 0 spiro atoms. The minimum Gasteiger partial charge on any atom is -0.507 e. The van der Waals surface area contributed by atoms with Crippen molar-refractivity contribution in [2.75, 3.05) is 0 Å². The molecule has 58 heavy (non-hydrogen) atoms. The second-order valence-electron chi connectivity index (χ2n) is 24.2. The summed E-state index contributed by atoms with van der Waals surface area (Å²) in [4.78, 5) is 0. The third kappa shape index (κ3) is 9.43. The van der Waals surface area contributed by atoms with Crippen molar-refractivity contribution in [1.82, 2.24) is 0 Å². The normalized spacial score (nSPS) is 19.0. The van der Waals surface area contributed by atoms with E-state index in [9.17, 15) is 15.3 Å². The van der Waals surface area contributed by atoms with Gasteiger partial charge in [-0.05, 0) is 132 Å². The Morgan fingerprint density at radius 3 is 1.00 bits per heavy atom. The average Bonchev–Trinajstić information content (AvgIpc) is 3.03. The summed E-state index contributed by atoms with van der Waals surface area (Å²) >= 11 is 0. The van der Waals surface area contributed by atoms with E-state index in [1.807, 2.05) is 0 Å². The molecule has 0 saturated heterocycles. The molecule has 5 N–H and O–H groups in total. The molecule has 320 valence electrons. The Hall–Kier alpha value is -3.50. The molecule has 0 radical (unpaired) electrons. The van der Waals surface area contributed by atoms with Crippen molar-refractivity contribution < 1.29 is 15.3 Å². The highest BCUT2D eigenvalue weighted by molar-refractivity contribution is 5.58. The third-order valence-corrected chi connectivity index (χ3v) is 13.0. The highest BCUT2D eigenvalue weighted by Gasteiger charge is 2.43. The Kier molecular flexibility index (Phi) is 12.4. The van der Waals surface area contributed by atoms with E-state index in [4.69, 9.17) is 5.73 Å². The molecule has 0 heterocycles. The second kappa shape index (κ2) is 15.2. The quantitative estimate of drug-likeness (QED) is 0.200. The largest absolute Gasteiger partial charge is 0.507 e. The molecule has 1 aliphatic carbocycles. The SMILES string of the molecule is CC1=C(Cc2cc(C(C)(C)C)c(O)c(C(C)(C)C)c2)C(C)C(N)(Cc2cc(C(C)(C)C)c(O)c(C(C)(C)C)c2)C(C)=C1Cc1cc(C(C)(C)C)c(O)c(C(C)(C)C)c1. The summed E-state index contributed by atoms with van der Waals surface area (Å²) < 4.78 is 0. The van der Waals surface area contributed by atoms with Crippen molar-refractivity contribution in [2.24, 2.45) is 11.7 Å². The molecule has 4 nitrogen and oxygen atoms in total. The number of hydrogen-bond acceptors (Lipinski definition) is 4. The third-order valence-electron chi connectivity index (χ3n) is 13.0. The number of rotatable bonds is 6. The first-order valence-corrected chi connectivity index (χ1v) is 21.7. The smallest absolute Gasteiger partial charge is 0.123 e. The average molecular weight is 792 g/mol. The summed E-state index contributed by atoms with van der Waals surface area (Å²) in [7, 11) is 0. The molecule has 0 aromatic heterocycles. The zero-order chi connectivity index (χ0) is 44.7. The number of aromatic hydroxyl groups is 3. The molecule has 4 rings (SSSR count). The van der Waals surface area contributed by atoms with E-state index in [1.54, 1.807) is 0 Å². The predicted molar refractivity (Wildman–Crippen MR) is 249 cm³/mol. The summed E-state index contributed by atoms with van der Waals surface area (Å²) in [5, 5.41) is 35.0. The zero-order valence-corrected chi connectivity index (χ0v) is 40.6. The minimum atomic E-state index is -0.737. The Balaban J connectivity index is 2.07. The van der Waals surface area contributed by atoms with Gasteiger partial charge in [0.15, 0.2) is 0 Å². The van der Waals surface area contributed by atoms with Crippen molar-refractivity contribution in [3.63, 3.8) is 0 Å². The molecular formula is C54H81NO3. The van der Waals surface area contributed by atoms with E-state index in [2.05, 4.69) is 182 Å². The van der Waals surface area contributed by atoms with Crippen molar-refractivity contribution in [1.29, 1.82) is 0 Å². The van der Waals surface area contributed by atoms with Gasteiger partial charge < -0.3 is 21.1 Å². The first-order chi connectivity index (χ1) is 25.9. The second-order valence-corrected chi connectivity index (χ2v) is 24.2. The van der Waals surface area contributed by atoms with Crippen LogP contribution in [0.2, 0.25) is 0 Å². The Bertz CT molecular complexity index is 2010. The lowest BCUT2D eigenvalue weighted by atomic mass is 9.63. The van der Waals surface area contributed by atoms with Gasteiger partial charge in [-0.3, -0.25) is 0 Å². The van der Waals surface area contributed by atoms with Gasteiger partial charge in [0.05, 0.1) is 0 Å². The maximum Gasteiger partial charge on any atom is 0.123 e. The van der Waals surface area contributed by atoms with E-state index < -0.39 is 5.54 Å². The number of phenols is 3. The first kappa shape index (κ1) is 47.2. The Morgan fingerprint density at radius 1 is 0.466 bits per heavy atom. The molecule has 3 aromatic rings. The van der Waals surface area contributed by atoms with E-state index in [-0.39, 0.29) is 38.4 Å². The van der Waals surface area contributed by atoms with Gasteiger partial charge in [0, 0.05) is 11.5 Å². The van der Waals surface area contributed by atoms with Gasteiger partial charge in [0.1, 0.15) is 17.2 Å². The highest BCUT2D eigenvalue weighted by atomic mass is 16.3. The molecule has 0 fully saturated rings. The van der Waals surface area contributed by atoms with Crippen LogP contribution in [0.15, 0.2) is 58.7 Å². The van der Waals surface area contributed by atoms with E-state index >= 15 is 0 Å². The molecule has 0 bridgehead atoms. The fourth-order valence-corrected chi connectivity index (χ4v) is 9.13. The fraction of sp³-hybridized carbons (Fsp3) is 0.593. The van der Waals surface area contributed by atoms with E-state index in [0.717, 1.165) is 38.9 Å². The van der Waals surface area contributed by atoms with Gasteiger partial charge in [-0.1, -0.05) is 174 Å². The molecule has 0 aliphatic heterocycles. The first-order valence-electron chi connectivity index (χ1n) is 21.7. The van der Waals surface area contributed by atoms with Crippen LogP contribution in [0, 0.1) is 5.92 Å². The van der Waals surface area contributed by atoms with E-state index in [0.29, 0.717) is 36.5 Å². The lowest BCUT2D eigenvalue weighted by Gasteiger charge is -2.45. The summed E-state index contributed by atoms with van der Waals surface area (Å²) in [5.74, 6) is 1.15. The van der Waals surface area contributed by atoms with Crippen LogP contribution in [0.25, 0.3) is 0 Å². The van der Waals surface area contributed by atoms with Crippen molar-refractivity contribution >= 4 is 0 Å². The maximum absolute atomic E-state index is 11.7. The van der Waals surface area contributed by atoms with Gasteiger partial charge in [-0.15, -0.1) is 0 Å². The lowest BCUT2D eigenvalue weighted by molar-refractivity contribution is 0.359. The zero-order valence-electron chi connectivity index (χ0n) is 40.6. The van der Waals surface area contributed by atoms with Crippen molar-refractivity contribution in [3.8, 4) is 17.2 Å². The Morgan fingerprint density at radius 2 is 0.724 bits per heavy atom. The molecule has 2 unspecified atom stereocenters. The van der Waals surface area contributed by atoms with Crippen molar-refractivity contribution in [2.45, 2.75) is 203 Å². The maximum atomic E-state index is 11.7. The van der Waals surface area contributed by atoms with Gasteiger partial charge >= 0.3 is 0 Å². The number of benzene rings is 3. The molecule has 0 saturated carbocycles. The number of hydrogen-bond donors (Lipinski definition) is 4. The van der Waals surface area contributed by atoms with Gasteiger partial charge in [-0.25, -0.2) is 0 Å². The van der Waals surface area contributed by atoms with Crippen LogP contribution >= 0.6 is 0 Å². The summed E-state index contributed by atoms with van der Waals surface area (Å²) in [6.45, 7) is 45.9. The molecular weight excluding hydrogens is 711 g/mol. The summed E-state index contributed by atoms with van der Waals surface area (Å²) in [5.41, 5.74) is 20.0. The van der Waals surface area contributed by atoms with Gasteiger partial charge in [0.2, 0.25) is 0 Å². The van der Waals surface area contributed by atoms with Crippen LogP contribution in [0.4, 0.5) is 0 Å². The topological polar surface area (TPSA) is 86.7 Å². The number of nitrogens with two attached hydrogens (primary N) is 1. The lowest BCUT2D eigenvalue weighted by Crippen LogP contribution is -2.52. The molecule has 4 heteroatoms. The molecule has 1 aliphatic rings. The van der Waals surface area contributed by atoms with Gasteiger partial charge in [-0.2, -0.15) is 0 Å². The standard InChI is InChI=1S/C54H81NO3/c1-31-37(22-34-24-39(48(4,5)6)45(56)40(25-34)49(7,8)9)32(2)54(55,30-36-28-43(52(16,17)18)47(58)44(29-36)53(19,20)21)33(3)38(31)23-35-26-41(50(10,11)12)46(57)42(27-35)51(13,14)15/h24-29,32,56-58H,22-23,30,55H2,1-21H3. The molecule has 2 atom stereocenters. The molecule has 0 amide bonds. The van der Waals surface area contributed by atoms with Crippen LogP contribution < -0.4 is 5.73 Å². The van der Waals surface area contributed by atoms with Crippen molar-refractivity contribution in [3.05, 3.63) is 109 Å². The monoisotopic (exact) mass is 792 g/mol. The number of phenolic OH excluding ortho intramolecular Hbond substituents is 3. The summed E-state index contributed by atoms with van der Waals surface area (Å²) in [6.07, 6.45) is 2.01.